The van der Waals surface area contributed by atoms with Gasteiger partial charge in [-0.2, -0.15) is 13.2 Å². The van der Waals surface area contributed by atoms with Crippen molar-refractivity contribution in [3.8, 4) is 11.8 Å². The van der Waals surface area contributed by atoms with Gasteiger partial charge in [0.2, 0.25) is 0 Å². The quantitative estimate of drug-likeness (QED) is 0.315. The maximum Gasteiger partial charge on any atom is 0.457 e. The lowest BCUT2D eigenvalue weighted by molar-refractivity contribution is -0.208. The molecule has 3 saturated carbocycles. The molecular weight excluding hydrogens is 549 g/mol. The Labute approximate surface area is 223 Å². The fourth-order valence-electron chi connectivity index (χ4n) is 8.39. The maximum atomic E-state index is 13.1. The molecule has 1 aromatic carbocycles. The molecule has 0 amide bonds. The van der Waals surface area contributed by atoms with Gasteiger partial charge < -0.3 is 19.7 Å². The molecule has 5 aliphatic rings. The van der Waals surface area contributed by atoms with Crippen LogP contribution in [0.25, 0.3) is 0 Å². The van der Waals surface area contributed by atoms with Gasteiger partial charge in [-0.05, 0) is 73.6 Å². The summed E-state index contributed by atoms with van der Waals surface area (Å²) in [5, 5.41) is 23.7. The van der Waals surface area contributed by atoms with E-state index in [1.807, 2.05) is 31.2 Å². The molecule has 2 N–H and O–H groups in total. The molecule has 6 atom stereocenters. The molecule has 37 heavy (non-hydrogen) atoms. The van der Waals surface area contributed by atoms with Gasteiger partial charge in [0.15, 0.2) is 5.79 Å². The smallest absolute Gasteiger partial charge is 0.385 e. The van der Waals surface area contributed by atoms with E-state index in [2.05, 4.69) is 21.9 Å². The fourth-order valence-corrected chi connectivity index (χ4v) is 8.66. The van der Waals surface area contributed by atoms with Gasteiger partial charge >= 0.3 is 6.18 Å². The van der Waals surface area contributed by atoms with Crippen molar-refractivity contribution in [3.63, 3.8) is 0 Å². The second-order valence-electron chi connectivity index (χ2n) is 11.9. The average molecular weight is 581 g/mol. The summed E-state index contributed by atoms with van der Waals surface area (Å²) in [6.07, 6.45) is -0.331. The summed E-state index contributed by atoms with van der Waals surface area (Å²) in [6, 6.07) is 8.03. The Bertz CT molecular complexity index is 1180. The molecule has 1 spiro atoms. The monoisotopic (exact) mass is 580 g/mol. The summed E-state index contributed by atoms with van der Waals surface area (Å²) < 4.78 is 52.1. The van der Waals surface area contributed by atoms with E-state index in [-0.39, 0.29) is 24.2 Å². The third kappa shape index (κ3) is 4.12. The molecule has 1 aliphatic heterocycles. The van der Waals surface area contributed by atoms with Gasteiger partial charge in [-0.15, -0.1) is 0 Å². The van der Waals surface area contributed by atoms with E-state index in [0.717, 1.165) is 15.6 Å². The Morgan fingerprint density at radius 2 is 1.73 bits per heavy atom. The number of hydrogen-bond acceptors (Lipinski definition) is 4. The lowest BCUT2D eigenvalue weighted by Gasteiger charge is -2.57. The Hall–Kier alpha value is -1.37. The van der Waals surface area contributed by atoms with Crippen LogP contribution in [0.5, 0.6) is 0 Å². The molecule has 0 bridgehead atoms. The number of fused-ring (bicyclic) bond motifs is 4. The summed E-state index contributed by atoms with van der Waals surface area (Å²) in [7, 11) is 0. The molecule has 4 fully saturated rings. The Kier molecular flexibility index (Phi) is 5.99. The number of alkyl halides is 3. The zero-order valence-corrected chi connectivity index (χ0v) is 22.4. The molecule has 0 unspecified atom stereocenters. The van der Waals surface area contributed by atoms with Crippen molar-refractivity contribution >= 4 is 15.9 Å². The van der Waals surface area contributed by atoms with E-state index in [4.69, 9.17) is 9.47 Å². The van der Waals surface area contributed by atoms with Crippen LogP contribution < -0.4 is 0 Å². The molecule has 4 aliphatic carbocycles. The maximum absolute atomic E-state index is 13.1. The summed E-state index contributed by atoms with van der Waals surface area (Å²) in [5.74, 6) is 2.88. The topological polar surface area (TPSA) is 58.9 Å². The lowest BCUT2D eigenvalue weighted by atomic mass is 9.49. The summed E-state index contributed by atoms with van der Waals surface area (Å²) in [6.45, 7) is 2.99. The van der Waals surface area contributed by atoms with Crippen molar-refractivity contribution in [2.24, 2.45) is 17.3 Å². The Morgan fingerprint density at radius 1 is 1.03 bits per heavy atom. The first-order chi connectivity index (χ1) is 17.4. The van der Waals surface area contributed by atoms with Gasteiger partial charge in [-0.3, -0.25) is 0 Å². The molecule has 1 aromatic rings. The highest BCUT2D eigenvalue weighted by molar-refractivity contribution is 9.10. The van der Waals surface area contributed by atoms with Gasteiger partial charge in [0.05, 0.1) is 18.8 Å². The molecule has 0 aromatic heterocycles. The lowest BCUT2D eigenvalue weighted by Crippen LogP contribution is -2.55. The van der Waals surface area contributed by atoms with Crippen LogP contribution in [0.4, 0.5) is 13.2 Å². The van der Waals surface area contributed by atoms with E-state index < -0.39 is 28.6 Å². The normalized spacial score (nSPS) is 40.6. The number of aliphatic hydroxyl groups is 2. The highest BCUT2D eigenvalue weighted by atomic mass is 79.9. The van der Waals surface area contributed by atoms with Crippen molar-refractivity contribution in [1.29, 1.82) is 0 Å². The summed E-state index contributed by atoms with van der Waals surface area (Å²) in [4.78, 5) is 0. The largest absolute Gasteiger partial charge is 0.457 e. The van der Waals surface area contributed by atoms with Gasteiger partial charge in [-0.25, -0.2) is 0 Å². The van der Waals surface area contributed by atoms with E-state index in [0.29, 0.717) is 58.2 Å². The van der Waals surface area contributed by atoms with Crippen molar-refractivity contribution < 1.29 is 32.9 Å². The number of hydrogen-bond donors (Lipinski definition) is 2. The van der Waals surface area contributed by atoms with Crippen molar-refractivity contribution in [2.45, 2.75) is 87.4 Å². The van der Waals surface area contributed by atoms with Gasteiger partial charge in [0.1, 0.15) is 5.60 Å². The van der Waals surface area contributed by atoms with Gasteiger partial charge in [0.25, 0.3) is 0 Å². The zero-order chi connectivity index (χ0) is 26.3. The van der Waals surface area contributed by atoms with E-state index >= 15 is 0 Å². The molecule has 6 rings (SSSR count). The molecule has 1 heterocycles. The zero-order valence-electron chi connectivity index (χ0n) is 20.8. The second kappa shape index (κ2) is 8.56. The molecule has 4 nitrogen and oxygen atoms in total. The molecule has 1 saturated heterocycles. The number of benzene rings is 1. The Morgan fingerprint density at radius 3 is 2.41 bits per heavy atom. The van der Waals surface area contributed by atoms with Crippen LogP contribution >= 0.6 is 15.9 Å². The molecule has 0 radical (unpaired) electrons. The molecule has 200 valence electrons. The number of ether oxygens (including phenoxy) is 2. The van der Waals surface area contributed by atoms with E-state index in [1.165, 1.54) is 11.5 Å². The second-order valence-corrected chi connectivity index (χ2v) is 12.8. The first kappa shape index (κ1) is 25.9. The minimum atomic E-state index is -4.65. The minimum absolute atomic E-state index is 0.00588. The third-order valence-corrected chi connectivity index (χ3v) is 10.6. The standard InChI is InChI=1S/C29H32BrF3O4/c1-25-16-21(18-2-4-19(30)5-3-18)24-20(22(25)7-10-27(25,35)12-13-29(31,32)33)6-9-26(34)17-28(11-8-23(24)26)36-14-15-37-28/h2-5,20-22,34-35H,6-11,14-17H2,1H3/t20-,21+,22-,25-,26+,27+/m0/s1. The van der Waals surface area contributed by atoms with Crippen molar-refractivity contribution in [3.05, 3.63) is 45.4 Å². The highest BCUT2D eigenvalue weighted by Crippen LogP contribution is 2.67. The molecule has 8 heteroatoms. The third-order valence-electron chi connectivity index (χ3n) is 10.1. The van der Waals surface area contributed by atoms with Crippen molar-refractivity contribution in [1.82, 2.24) is 0 Å². The van der Waals surface area contributed by atoms with Crippen LogP contribution in [-0.2, 0) is 9.47 Å². The minimum Gasteiger partial charge on any atom is -0.385 e. The highest BCUT2D eigenvalue weighted by Gasteiger charge is 2.64. The predicted molar refractivity (Wildman–Crippen MR) is 134 cm³/mol. The summed E-state index contributed by atoms with van der Waals surface area (Å²) >= 11 is 3.50. The van der Waals surface area contributed by atoms with Crippen LogP contribution in [0.1, 0.15) is 69.8 Å². The summed E-state index contributed by atoms with van der Waals surface area (Å²) in [5.41, 5.74) is -0.222. The fraction of sp³-hybridized carbons (Fsp3) is 0.655. The van der Waals surface area contributed by atoms with Gasteiger partial charge in [-0.1, -0.05) is 46.5 Å². The average Bonchev–Trinajstić information content (AvgIpc) is 3.38. The van der Waals surface area contributed by atoms with Crippen LogP contribution in [0.2, 0.25) is 0 Å². The first-order valence-electron chi connectivity index (χ1n) is 13.2. The number of halogens is 4. The number of rotatable bonds is 1. The van der Waals surface area contributed by atoms with Crippen LogP contribution in [-0.4, -0.2) is 46.6 Å². The van der Waals surface area contributed by atoms with Crippen LogP contribution in [0.15, 0.2) is 39.9 Å². The molecular formula is C29H32BrF3O4. The van der Waals surface area contributed by atoms with E-state index in [1.54, 1.807) is 0 Å². The van der Waals surface area contributed by atoms with Crippen LogP contribution in [0, 0.1) is 29.1 Å². The van der Waals surface area contributed by atoms with Crippen LogP contribution in [0.3, 0.4) is 0 Å². The van der Waals surface area contributed by atoms with Crippen molar-refractivity contribution in [2.75, 3.05) is 13.2 Å². The predicted octanol–water partition coefficient (Wildman–Crippen LogP) is 6.01. The van der Waals surface area contributed by atoms with E-state index in [9.17, 15) is 23.4 Å². The SMILES string of the molecule is C[C@]12C[C@H](c3ccc(Br)cc3)C3=C4CCC5(C[C@]4(O)CC[C@H]3[C@@H]1CC[C@@]2(O)C#CC(F)(F)F)OCCO5. The van der Waals surface area contributed by atoms with Gasteiger partial charge in [0, 0.05) is 34.6 Å². The number of allylic oxidation sites excluding steroid dienone is 1. The Balaban J connectivity index is 1.47. The first-order valence-corrected chi connectivity index (χ1v) is 14.0.